The number of rotatable bonds is 5. The molecule has 1 atom stereocenters. The van der Waals surface area contributed by atoms with Gasteiger partial charge in [-0.25, -0.2) is 4.98 Å². The van der Waals surface area contributed by atoms with E-state index in [-0.39, 0.29) is 0 Å². The molecule has 0 aliphatic heterocycles. The monoisotopic (exact) mass is 210 g/mol. The highest BCUT2D eigenvalue weighted by molar-refractivity contribution is 5.66. The molecule has 1 aromatic rings. The Balaban J connectivity index is 2.84. The minimum absolute atomic E-state index is 0.330. The number of hydrogen-bond acceptors (Lipinski definition) is 5. The Labute approximate surface area is 90.1 Å². The van der Waals surface area contributed by atoms with Crippen LogP contribution in [0.3, 0.4) is 0 Å². The van der Waals surface area contributed by atoms with E-state index in [1.54, 1.807) is 0 Å². The van der Waals surface area contributed by atoms with Gasteiger partial charge in [0.25, 0.3) is 0 Å². The SMILES string of the molecule is CCOc1ncnc(NC(C)CC)c1N. The molecule has 3 N–H and O–H groups in total. The smallest absolute Gasteiger partial charge is 0.242 e. The Morgan fingerprint density at radius 3 is 2.80 bits per heavy atom. The molecule has 1 unspecified atom stereocenters. The second kappa shape index (κ2) is 5.38. The van der Waals surface area contributed by atoms with E-state index in [2.05, 4.69) is 29.1 Å². The van der Waals surface area contributed by atoms with Crippen LogP contribution in [0.4, 0.5) is 11.5 Å². The molecule has 0 saturated carbocycles. The van der Waals surface area contributed by atoms with Gasteiger partial charge < -0.3 is 15.8 Å². The van der Waals surface area contributed by atoms with E-state index in [1.165, 1.54) is 6.33 Å². The Morgan fingerprint density at radius 1 is 1.47 bits per heavy atom. The quantitative estimate of drug-likeness (QED) is 0.773. The van der Waals surface area contributed by atoms with Crippen LogP contribution in [-0.4, -0.2) is 22.6 Å². The Kier molecular flexibility index (Phi) is 4.15. The van der Waals surface area contributed by atoms with Crippen LogP contribution in [0.1, 0.15) is 27.2 Å². The van der Waals surface area contributed by atoms with E-state index in [0.717, 1.165) is 6.42 Å². The predicted molar refractivity (Wildman–Crippen MR) is 61.0 cm³/mol. The van der Waals surface area contributed by atoms with Crippen LogP contribution in [0.25, 0.3) is 0 Å². The summed E-state index contributed by atoms with van der Waals surface area (Å²) < 4.78 is 5.28. The van der Waals surface area contributed by atoms with Crippen molar-refractivity contribution < 1.29 is 4.74 Å². The molecule has 15 heavy (non-hydrogen) atoms. The van der Waals surface area contributed by atoms with Gasteiger partial charge in [0.1, 0.15) is 12.0 Å². The van der Waals surface area contributed by atoms with Crippen LogP contribution in [0.5, 0.6) is 5.88 Å². The highest BCUT2D eigenvalue weighted by Gasteiger charge is 2.09. The van der Waals surface area contributed by atoms with Crippen molar-refractivity contribution in [3.8, 4) is 5.88 Å². The summed E-state index contributed by atoms with van der Waals surface area (Å²) in [7, 11) is 0. The molecule has 0 amide bonds. The van der Waals surface area contributed by atoms with E-state index < -0.39 is 0 Å². The van der Waals surface area contributed by atoms with Gasteiger partial charge in [-0.05, 0) is 20.3 Å². The first-order valence-electron chi connectivity index (χ1n) is 5.18. The van der Waals surface area contributed by atoms with Crippen molar-refractivity contribution in [3.63, 3.8) is 0 Å². The molecule has 0 bridgehead atoms. The van der Waals surface area contributed by atoms with Gasteiger partial charge in [-0.1, -0.05) is 6.92 Å². The molecule has 0 spiro atoms. The largest absolute Gasteiger partial charge is 0.476 e. The predicted octanol–water partition coefficient (Wildman–Crippen LogP) is 1.67. The zero-order chi connectivity index (χ0) is 11.3. The van der Waals surface area contributed by atoms with E-state index >= 15 is 0 Å². The first-order valence-corrected chi connectivity index (χ1v) is 5.18. The number of nitrogen functional groups attached to an aromatic ring is 1. The molecule has 84 valence electrons. The van der Waals surface area contributed by atoms with E-state index in [0.29, 0.717) is 30.0 Å². The van der Waals surface area contributed by atoms with Crippen molar-refractivity contribution in [2.45, 2.75) is 33.2 Å². The molecule has 5 nitrogen and oxygen atoms in total. The lowest BCUT2D eigenvalue weighted by molar-refractivity contribution is 0.328. The third-order valence-electron chi connectivity index (χ3n) is 2.12. The minimum Gasteiger partial charge on any atom is -0.476 e. The van der Waals surface area contributed by atoms with Crippen molar-refractivity contribution in [2.24, 2.45) is 0 Å². The molecular weight excluding hydrogens is 192 g/mol. The normalized spacial score (nSPS) is 12.2. The Hall–Kier alpha value is -1.52. The molecule has 1 rings (SSSR count). The van der Waals surface area contributed by atoms with Crippen molar-refractivity contribution in [2.75, 3.05) is 17.7 Å². The number of nitrogens with zero attached hydrogens (tertiary/aromatic N) is 2. The summed E-state index contributed by atoms with van der Waals surface area (Å²) >= 11 is 0. The van der Waals surface area contributed by atoms with Crippen LogP contribution < -0.4 is 15.8 Å². The fourth-order valence-corrected chi connectivity index (χ4v) is 1.08. The number of anilines is 2. The third-order valence-corrected chi connectivity index (χ3v) is 2.12. The minimum atomic E-state index is 0.330. The van der Waals surface area contributed by atoms with Crippen molar-refractivity contribution in [1.82, 2.24) is 9.97 Å². The fraction of sp³-hybridized carbons (Fsp3) is 0.600. The lowest BCUT2D eigenvalue weighted by atomic mass is 10.2. The summed E-state index contributed by atoms with van der Waals surface area (Å²) in [6, 6.07) is 0.330. The zero-order valence-electron chi connectivity index (χ0n) is 9.45. The number of ether oxygens (including phenoxy) is 1. The standard InChI is InChI=1S/C10H18N4O/c1-4-7(3)14-9-8(11)10(15-5-2)13-6-12-9/h6-7H,4-5,11H2,1-3H3,(H,12,13,14). The first kappa shape index (κ1) is 11.6. The maximum absolute atomic E-state index is 5.86. The summed E-state index contributed by atoms with van der Waals surface area (Å²) in [5.74, 6) is 1.08. The lowest BCUT2D eigenvalue weighted by Gasteiger charge is -2.14. The van der Waals surface area contributed by atoms with Crippen molar-refractivity contribution in [3.05, 3.63) is 6.33 Å². The van der Waals surface area contributed by atoms with Gasteiger partial charge in [0.05, 0.1) is 6.61 Å². The molecule has 0 aliphatic rings. The molecule has 0 saturated heterocycles. The number of aromatic nitrogens is 2. The molecule has 5 heteroatoms. The molecule has 1 heterocycles. The van der Waals surface area contributed by atoms with Gasteiger partial charge in [0.2, 0.25) is 5.88 Å². The topological polar surface area (TPSA) is 73.1 Å². The second-order valence-corrected chi connectivity index (χ2v) is 3.33. The highest BCUT2D eigenvalue weighted by Crippen LogP contribution is 2.25. The van der Waals surface area contributed by atoms with Crippen LogP contribution in [0, 0.1) is 0 Å². The van der Waals surface area contributed by atoms with Crippen LogP contribution >= 0.6 is 0 Å². The summed E-state index contributed by atoms with van der Waals surface area (Å²) in [5.41, 5.74) is 6.33. The molecule has 0 radical (unpaired) electrons. The Bertz CT molecular complexity index is 316. The molecular formula is C10H18N4O. The summed E-state index contributed by atoms with van der Waals surface area (Å²) in [6.45, 7) is 6.60. The lowest BCUT2D eigenvalue weighted by Crippen LogP contribution is -2.16. The fourth-order valence-electron chi connectivity index (χ4n) is 1.08. The van der Waals surface area contributed by atoms with Crippen LogP contribution in [0.15, 0.2) is 6.33 Å². The first-order chi connectivity index (χ1) is 7.19. The van der Waals surface area contributed by atoms with Gasteiger partial charge in [0, 0.05) is 6.04 Å². The van der Waals surface area contributed by atoms with Gasteiger partial charge in [-0.2, -0.15) is 4.98 Å². The van der Waals surface area contributed by atoms with Gasteiger partial charge >= 0.3 is 0 Å². The molecule has 0 aromatic carbocycles. The second-order valence-electron chi connectivity index (χ2n) is 3.33. The zero-order valence-corrected chi connectivity index (χ0v) is 9.45. The Morgan fingerprint density at radius 2 is 2.20 bits per heavy atom. The molecule has 1 aromatic heterocycles. The average Bonchev–Trinajstić information content (AvgIpc) is 2.24. The van der Waals surface area contributed by atoms with E-state index in [1.807, 2.05) is 6.92 Å². The number of nitrogens with one attached hydrogen (secondary N) is 1. The van der Waals surface area contributed by atoms with E-state index in [4.69, 9.17) is 10.5 Å². The van der Waals surface area contributed by atoms with Crippen molar-refractivity contribution in [1.29, 1.82) is 0 Å². The van der Waals surface area contributed by atoms with Crippen LogP contribution in [-0.2, 0) is 0 Å². The maximum Gasteiger partial charge on any atom is 0.242 e. The van der Waals surface area contributed by atoms with Gasteiger partial charge in [-0.3, -0.25) is 0 Å². The van der Waals surface area contributed by atoms with Gasteiger partial charge in [-0.15, -0.1) is 0 Å². The summed E-state index contributed by atoms with van der Waals surface area (Å²) in [4.78, 5) is 8.05. The van der Waals surface area contributed by atoms with Gasteiger partial charge in [0.15, 0.2) is 5.82 Å². The average molecular weight is 210 g/mol. The highest BCUT2D eigenvalue weighted by atomic mass is 16.5. The third kappa shape index (κ3) is 2.97. The molecule has 0 aliphatic carbocycles. The summed E-state index contributed by atoms with van der Waals surface area (Å²) in [5, 5.41) is 3.20. The van der Waals surface area contributed by atoms with Crippen LogP contribution in [0.2, 0.25) is 0 Å². The molecule has 0 fully saturated rings. The maximum atomic E-state index is 5.86. The summed E-state index contributed by atoms with van der Waals surface area (Å²) in [6.07, 6.45) is 2.46. The number of nitrogens with two attached hydrogens (primary N) is 1. The number of hydrogen-bond donors (Lipinski definition) is 2. The van der Waals surface area contributed by atoms with Crippen molar-refractivity contribution >= 4 is 11.5 Å². The van der Waals surface area contributed by atoms with E-state index in [9.17, 15) is 0 Å².